The van der Waals surface area contributed by atoms with Crippen molar-refractivity contribution in [1.82, 2.24) is 0 Å². The third kappa shape index (κ3) is 6.32. The van der Waals surface area contributed by atoms with Gasteiger partial charge in [0, 0.05) is 22.2 Å². The normalized spacial score (nSPS) is 16.8. The molecule has 5 nitrogen and oxygen atoms in total. The summed E-state index contributed by atoms with van der Waals surface area (Å²) in [5.74, 6) is -15.5. The maximum Gasteiger partial charge on any atom is 1.00 e. The second kappa shape index (κ2) is 10.5. The molecule has 0 aliphatic rings. The Morgan fingerprint density at radius 3 is 1.11 bits per heavy atom. The number of ether oxygens (including phenoxy) is 1. The van der Waals surface area contributed by atoms with Gasteiger partial charge in [0.25, 0.3) is 0 Å². The average molecular weight is 522 g/mol. The van der Waals surface area contributed by atoms with Crippen LogP contribution in [0.4, 0.5) is 52.7 Å². The minimum atomic E-state index is -7.83. The fourth-order valence-corrected chi connectivity index (χ4v) is 1.42. The van der Waals surface area contributed by atoms with E-state index in [4.69, 9.17) is 0 Å². The molecule has 2 unspecified atom stereocenters. The first-order valence-corrected chi connectivity index (χ1v) is 6.90. The molecule has 27 heavy (non-hydrogen) atoms. The molecule has 0 radical (unpaired) electrons. The minimum absolute atomic E-state index is 0. The molecule has 0 fully saturated rings. The zero-order chi connectivity index (χ0) is 20.9. The van der Waals surface area contributed by atoms with Crippen molar-refractivity contribution in [2.24, 2.45) is 0 Å². The first kappa shape index (κ1) is 34.2. The monoisotopic (exact) mass is 522 g/mol. The molecule has 0 heterocycles. The van der Waals surface area contributed by atoms with Gasteiger partial charge < -0.3 is 9.11 Å². The first-order chi connectivity index (χ1) is 10.6. The van der Waals surface area contributed by atoms with Crippen LogP contribution < -0.4 is 103 Å². The van der Waals surface area contributed by atoms with E-state index in [9.17, 15) is 70.2 Å². The number of hydrogen-bond acceptors (Lipinski definition) is 5. The van der Waals surface area contributed by atoms with Crippen molar-refractivity contribution in [2.45, 2.75) is 34.6 Å². The second-order valence-electron chi connectivity index (χ2n) is 3.79. The third-order valence-electron chi connectivity index (χ3n) is 2.14. The summed E-state index contributed by atoms with van der Waals surface area (Å²) < 4.78 is 192. The molecule has 0 aromatic carbocycles. The molecule has 0 bridgehead atoms. The third-order valence-corrected chi connectivity index (χ3v) is 3.47. The summed E-state index contributed by atoms with van der Waals surface area (Å²) in [5, 5.41) is -13.7. The van der Waals surface area contributed by atoms with E-state index in [2.05, 4.69) is 0 Å². The Bertz CT molecular complexity index is 572. The van der Waals surface area contributed by atoms with E-state index in [-0.39, 0.29) is 103 Å². The SMILES string of the molecule is O=S([O-])C(F)(F)C(F)(F)OC(F)(F)C(F)(F)C(F)(F)C(F)(F)S(=O)[O-].[K+].[K+]. The van der Waals surface area contributed by atoms with E-state index in [0.717, 1.165) is 0 Å². The van der Waals surface area contributed by atoms with E-state index in [1.165, 1.54) is 4.74 Å². The summed E-state index contributed by atoms with van der Waals surface area (Å²) in [6, 6.07) is 0. The largest absolute Gasteiger partial charge is 1.00 e. The molecule has 0 aliphatic heterocycles. The molecular weight excluding hydrogens is 522 g/mol. The first-order valence-electron chi connectivity index (χ1n) is 4.75. The van der Waals surface area contributed by atoms with Crippen LogP contribution in [0.1, 0.15) is 0 Å². The van der Waals surface area contributed by atoms with Gasteiger partial charge in [-0.3, -0.25) is 8.42 Å². The molecule has 21 heteroatoms. The summed E-state index contributed by atoms with van der Waals surface area (Å²) in [7, 11) is 0. The zero-order valence-corrected chi connectivity index (χ0v) is 20.3. The number of hydrogen-bond donors (Lipinski definition) is 0. The van der Waals surface area contributed by atoms with Gasteiger partial charge >= 0.3 is 137 Å². The molecule has 2 atom stereocenters. The Kier molecular flexibility index (Phi) is 13.3. The second-order valence-corrected chi connectivity index (χ2v) is 5.75. The van der Waals surface area contributed by atoms with E-state index < -0.39 is 56.7 Å². The summed E-state index contributed by atoms with van der Waals surface area (Å²) in [6.07, 6.45) is -14.7. The van der Waals surface area contributed by atoms with Gasteiger partial charge in [-0.25, -0.2) is 4.74 Å². The van der Waals surface area contributed by atoms with Crippen LogP contribution in [0, 0.1) is 0 Å². The molecule has 0 aromatic heterocycles. The molecule has 0 N–H and O–H groups in total. The number of alkyl halides is 12. The van der Waals surface area contributed by atoms with Crippen molar-refractivity contribution in [3.05, 3.63) is 0 Å². The Hall–Kier alpha value is 2.61. The average Bonchev–Trinajstić information content (AvgIpc) is 2.35. The van der Waals surface area contributed by atoms with Gasteiger partial charge in [-0.05, 0) is 0 Å². The fourth-order valence-electron chi connectivity index (χ4n) is 0.852. The molecule has 0 aromatic rings. The van der Waals surface area contributed by atoms with E-state index in [1.807, 2.05) is 0 Å². The maximum atomic E-state index is 12.8. The van der Waals surface area contributed by atoms with Gasteiger partial charge in [-0.15, -0.1) is 0 Å². The van der Waals surface area contributed by atoms with Crippen LogP contribution in [0.15, 0.2) is 0 Å². The van der Waals surface area contributed by atoms with Crippen LogP contribution in [0.2, 0.25) is 0 Å². The van der Waals surface area contributed by atoms with Crippen LogP contribution in [0.25, 0.3) is 0 Å². The van der Waals surface area contributed by atoms with Gasteiger partial charge in [-0.2, -0.15) is 52.7 Å². The quantitative estimate of drug-likeness (QED) is 0.187. The van der Waals surface area contributed by atoms with Crippen LogP contribution in [0.5, 0.6) is 0 Å². The number of halogens is 12. The molecule has 0 saturated carbocycles. The van der Waals surface area contributed by atoms with Crippen molar-refractivity contribution in [2.75, 3.05) is 0 Å². The predicted octanol–water partition coefficient (Wildman–Crippen LogP) is -3.59. The maximum absolute atomic E-state index is 12.8. The summed E-state index contributed by atoms with van der Waals surface area (Å²) in [5.41, 5.74) is 0. The standard InChI is InChI=1S/C6H2F12O5S2.2K/c7-1(8,2(9,10)5(15,16)24(19)20)3(11,12)23-4(13,14)6(17,18)25(21)22;;/h(H,19,20)(H,21,22);;/q;2*+1/p-2. The minimum Gasteiger partial charge on any atom is -0.768 e. The van der Waals surface area contributed by atoms with Gasteiger partial charge in [0.15, 0.2) is 0 Å². The molecule has 0 amide bonds. The van der Waals surface area contributed by atoms with E-state index in [0.29, 0.717) is 0 Å². The molecule has 0 rings (SSSR count). The van der Waals surface area contributed by atoms with Crippen LogP contribution in [-0.4, -0.2) is 52.1 Å². The smallest absolute Gasteiger partial charge is 0.768 e. The summed E-state index contributed by atoms with van der Waals surface area (Å²) >= 11 is -10.8. The van der Waals surface area contributed by atoms with Crippen molar-refractivity contribution in [3.63, 3.8) is 0 Å². The Morgan fingerprint density at radius 2 is 0.852 bits per heavy atom. The van der Waals surface area contributed by atoms with Gasteiger partial charge in [0.2, 0.25) is 0 Å². The molecule has 0 aliphatic carbocycles. The van der Waals surface area contributed by atoms with Gasteiger partial charge in [0.1, 0.15) is 0 Å². The van der Waals surface area contributed by atoms with Gasteiger partial charge in [0.05, 0.1) is 0 Å². The summed E-state index contributed by atoms with van der Waals surface area (Å²) in [6.45, 7) is 0. The predicted molar refractivity (Wildman–Crippen MR) is 48.6 cm³/mol. The van der Waals surface area contributed by atoms with Crippen LogP contribution in [-0.2, 0) is 26.9 Å². The van der Waals surface area contributed by atoms with E-state index in [1.54, 1.807) is 0 Å². The summed E-state index contributed by atoms with van der Waals surface area (Å²) in [4.78, 5) is 0. The Morgan fingerprint density at radius 1 is 0.556 bits per heavy atom. The molecule has 0 spiro atoms. The van der Waals surface area contributed by atoms with Crippen LogP contribution >= 0.6 is 0 Å². The Labute approximate surface area is 230 Å². The van der Waals surface area contributed by atoms with Crippen molar-refractivity contribution >= 4 is 22.2 Å². The topological polar surface area (TPSA) is 89.5 Å². The van der Waals surface area contributed by atoms with Crippen molar-refractivity contribution < 1.29 is 178 Å². The molecular formula is C6F12K2O5S2. The van der Waals surface area contributed by atoms with Gasteiger partial charge in [-0.1, -0.05) is 0 Å². The number of rotatable bonds is 8. The Balaban J connectivity index is -0.00000288. The molecule has 152 valence electrons. The van der Waals surface area contributed by atoms with E-state index >= 15 is 0 Å². The fraction of sp³-hybridized carbons (Fsp3) is 1.00. The van der Waals surface area contributed by atoms with Crippen LogP contribution in [0.3, 0.4) is 0 Å². The molecule has 0 saturated heterocycles. The van der Waals surface area contributed by atoms with Crippen molar-refractivity contribution in [1.29, 1.82) is 0 Å². The van der Waals surface area contributed by atoms with Crippen molar-refractivity contribution in [3.8, 4) is 0 Å². The zero-order valence-electron chi connectivity index (χ0n) is 12.4.